The van der Waals surface area contributed by atoms with Gasteiger partial charge in [-0.25, -0.2) is 4.98 Å². The molecule has 0 amide bonds. The van der Waals surface area contributed by atoms with Gasteiger partial charge in [-0.15, -0.1) is 0 Å². The molecule has 94 valence electrons. The van der Waals surface area contributed by atoms with Crippen LogP contribution in [-0.2, 0) is 6.61 Å². The lowest BCUT2D eigenvalue weighted by molar-refractivity contribution is 0.280. The number of rotatable bonds is 2. The average Bonchev–Trinajstić information content (AvgIpc) is 2.32. The third-order valence-corrected chi connectivity index (χ3v) is 3.90. The third kappa shape index (κ3) is 2.80. The number of pyridine rings is 1. The van der Waals surface area contributed by atoms with Crippen molar-refractivity contribution in [2.45, 2.75) is 39.3 Å². The first-order valence-electron chi connectivity index (χ1n) is 6.13. The zero-order valence-electron chi connectivity index (χ0n) is 10.4. The van der Waals surface area contributed by atoms with E-state index in [1.165, 1.54) is 12.8 Å². The highest BCUT2D eigenvalue weighted by atomic mass is 79.9. The van der Waals surface area contributed by atoms with Gasteiger partial charge in [-0.3, -0.25) is 0 Å². The van der Waals surface area contributed by atoms with Crippen molar-refractivity contribution in [2.75, 3.05) is 11.4 Å². The van der Waals surface area contributed by atoms with Gasteiger partial charge < -0.3 is 10.0 Å². The largest absolute Gasteiger partial charge is 0.392 e. The molecule has 2 rings (SSSR count). The Kier molecular flexibility index (Phi) is 4.05. The maximum atomic E-state index is 9.44. The highest BCUT2D eigenvalue weighted by Gasteiger charge is 2.25. The van der Waals surface area contributed by atoms with Crippen LogP contribution in [0.1, 0.15) is 32.3 Å². The second kappa shape index (κ2) is 5.36. The zero-order chi connectivity index (χ0) is 12.4. The molecule has 2 atom stereocenters. The molecule has 1 aromatic rings. The fraction of sp³-hybridized carbons (Fsp3) is 0.615. The van der Waals surface area contributed by atoms with E-state index in [-0.39, 0.29) is 6.61 Å². The number of nitrogens with zero attached hydrogens (tertiary/aromatic N) is 2. The maximum absolute atomic E-state index is 9.44. The van der Waals surface area contributed by atoms with Crippen LogP contribution in [0.2, 0.25) is 0 Å². The van der Waals surface area contributed by atoms with Crippen molar-refractivity contribution in [3.05, 3.63) is 22.3 Å². The number of hydrogen-bond acceptors (Lipinski definition) is 3. The fourth-order valence-corrected chi connectivity index (χ4v) is 2.81. The molecule has 1 aromatic heterocycles. The molecule has 0 radical (unpaired) electrons. The quantitative estimate of drug-likeness (QED) is 0.912. The summed E-state index contributed by atoms with van der Waals surface area (Å²) in [7, 11) is 0. The van der Waals surface area contributed by atoms with E-state index in [9.17, 15) is 5.11 Å². The number of anilines is 1. The molecular formula is C13H19BrN2O. The molecule has 0 spiro atoms. The van der Waals surface area contributed by atoms with Crippen molar-refractivity contribution in [3.8, 4) is 0 Å². The van der Waals surface area contributed by atoms with E-state index in [0.29, 0.717) is 12.0 Å². The summed E-state index contributed by atoms with van der Waals surface area (Å²) in [5.41, 5.74) is 0.903. The van der Waals surface area contributed by atoms with Crippen LogP contribution in [0.5, 0.6) is 0 Å². The molecule has 2 unspecified atom stereocenters. The van der Waals surface area contributed by atoms with Gasteiger partial charge >= 0.3 is 0 Å². The van der Waals surface area contributed by atoms with E-state index in [0.717, 1.165) is 22.4 Å². The Morgan fingerprint density at radius 2 is 2.24 bits per heavy atom. The van der Waals surface area contributed by atoms with Gasteiger partial charge in [0.25, 0.3) is 0 Å². The summed E-state index contributed by atoms with van der Waals surface area (Å²) in [5.74, 6) is 1.64. The van der Waals surface area contributed by atoms with Gasteiger partial charge in [0.05, 0.1) is 6.61 Å². The molecule has 1 N–H and O–H groups in total. The Balaban J connectivity index is 2.31. The van der Waals surface area contributed by atoms with Gasteiger partial charge in [0, 0.05) is 28.8 Å². The first-order valence-corrected chi connectivity index (χ1v) is 6.93. The van der Waals surface area contributed by atoms with Crippen molar-refractivity contribution in [1.29, 1.82) is 0 Å². The second-order valence-corrected chi connectivity index (χ2v) is 5.89. The van der Waals surface area contributed by atoms with Crippen LogP contribution in [0.15, 0.2) is 16.7 Å². The predicted molar refractivity (Wildman–Crippen MR) is 73.1 cm³/mol. The zero-order valence-corrected chi connectivity index (χ0v) is 11.9. The van der Waals surface area contributed by atoms with Gasteiger partial charge in [-0.05, 0) is 47.7 Å². The van der Waals surface area contributed by atoms with Crippen molar-refractivity contribution in [3.63, 3.8) is 0 Å². The summed E-state index contributed by atoms with van der Waals surface area (Å²) < 4.78 is 0.919. The first kappa shape index (κ1) is 12.8. The van der Waals surface area contributed by atoms with Gasteiger partial charge in [-0.2, -0.15) is 0 Å². The van der Waals surface area contributed by atoms with Crippen molar-refractivity contribution >= 4 is 21.7 Å². The van der Waals surface area contributed by atoms with Crippen LogP contribution in [0, 0.1) is 5.92 Å². The molecular weight excluding hydrogens is 280 g/mol. The van der Waals surface area contributed by atoms with Gasteiger partial charge in [-0.1, -0.05) is 6.92 Å². The molecule has 1 aliphatic rings. The van der Waals surface area contributed by atoms with E-state index in [4.69, 9.17) is 0 Å². The molecule has 0 aliphatic carbocycles. The summed E-state index contributed by atoms with van der Waals surface area (Å²) in [6.45, 7) is 5.58. The Bertz CT molecular complexity index is 397. The molecule has 2 heterocycles. The Morgan fingerprint density at radius 3 is 2.94 bits per heavy atom. The van der Waals surface area contributed by atoms with Crippen LogP contribution >= 0.6 is 15.9 Å². The maximum Gasteiger partial charge on any atom is 0.134 e. The van der Waals surface area contributed by atoms with Gasteiger partial charge in [0.2, 0.25) is 0 Å². The van der Waals surface area contributed by atoms with E-state index in [1.807, 2.05) is 6.07 Å². The molecule has 3 nitrogen and oxygen atoms in total. The smallest absolute Gasteiger partial charge is 0.134 e. The summed E-state index contributed by atoms with van der Waals surface area (Å²) >= 11 is 3.40. The topological polar surface area (TPSA) is 36.4 Å². The SMILES string of the molecule is CC1CCC(C)N(c2ncc(Br)cc2CO)C1. The van der Waals surface area contributed by atoms with Crippen molar-refractivity contribution in [2.24, 2.45) is 5.92 Å². The molecule has 1 aliphatic heterocycles. The summed E-state index contributed by atoms with van der Waals surface area (Å²) in [4.78, 5) is 6.80. The highest BCUT2D eigenvalue weighted by Crippen LogP contribution is 2.29. The lowest BCUT2D eigenvalue weighted by atomic mass is 9.94. The Labute approximate surface area is 111 Å². The second-order valence-electron chi connectivity index (χ2n) is 4.98. The Morgan fingerprint density at radius 1 is 1.47 bits per heavy atom. The molecule has 17 heavy (non-hydrogen) atoms. The lowest BCUT2D eigenvalue weighted by Crippen LogP contribution is -2.42. The number of aromatic nitrogens is 1. The van der Waals surface area contributed by atoms with Crippen LogP contribution < -0.4 is 4.90 Å². The predicted octanol–water partition coefficient (Wildman–Crippen LogP) is 2.96. The Hall–Kier alpha value is -0.610. The van der Waals surface area contributed by atoms with Crippen molar-refractivity contribution in [1.82, 2.24) is 4.98 Å². The third-order valence-electron chi connectivity index (χ3n) is 3.47. The fourth-order valence-electron chi connectivity index (χ4n) is 2.43. The van der Waals surface area contributed by atoms with Crippen LogP contribution in [0.3, 0.4) is 0 Å². The molecule has 4 heteroatoms. The van der Waals surface area contributed by atoms with Crippen molar-refractivity contribution < 1.29 is 5.11 Å². The number of aliphatic hydroxyl groups excluding tert-OH is 1. The monoisotopic (exact) mass is 298 g/mol. The number of hydrogen-bond donors (Lipinski definition) is 1. The molecule has 1 saturated heterocycles. The number of halogens is 1. The van der Waals surface area contributed by atoms with E-state index >= 15 is 0 Å². The van der Waals surface area contributed by atoms with E-state index < -0.39 is 0 Å². The van der Waals surface area contributed by atoms with E-state index in [1.54, 1.807) is 6.20 Å². The molecule has 0 saturated carbocycles. The molecule has 1 fully saturated rings. The van der Waals surface area contributed by atoms with Gasteiger partial charge in [0.1, 0.15) is 5.82 Å². The van der Waals surface area contributed by atoms with Crippen LogP contribution in [0.4, 0.5) is 5.82 Å². The molecule has 0 bridgehead atoms. The lowest BCUT2D eigenvalue weighted by Gasteiger charge is -2.38. The van der Waals surface area contributed by atoms with Crippen LogP contribution in [-0.4, -0.2) is 22.7 Å². The minimum Gasteiger partial charge on any atom is -0.392 e. The normalized spacial score (nSPS) is 25.1. The highest BCUT2D eigenvalue weighted by molar-refractivity contribution is 9.10. The number of aliphatic hydroxyl groups is 1. The van der Waals surface area contributed by atoms with Gasteiger partial charge in [0.15, 0.2) is 0 Å². The van der Waals surface area contributed by atoms with Crippen LogP contribution in [0.25, 0.3) is 0 Å². The minimum absolute atomic E-state index is 0.0410. The number of piperidine rings is 1. The standard InChI is InChI=1S/C13H19BrN2O/c1-9-3-4-10(2)16(7-9)13-11(8-17)5-12(14)6-15-13/h5-6,9-10,17H,3-4,7-8H2,1-2H3. The summed E-state index contributed by atoms with van der Waals surface area (Å²) in [5, 5.41) is 9.44. The summed E-state index contributed by atoms with van der Waals surface area (Å²) in [6, 6.07) is 2.46. The minimum atomic E-state index is 0.0410. The van der Waals surface area contributed by atoms with E-state index in [2.05, 4.69) is 39.7 Å². The first-order chi connectivity index (χ1) is 8.11. The molecule has 0 aromatic carbocycles. The average molecular weight is 299 g/mol. The summed E-state index contributed by atoms with van der Waals surface area (Å²) in [6.07, 6.45) is 4.28.